The average molecular weight is 325 g/mol. The van der Waals surface area contributed by atoms with E-state index in [1.165, 1.54) is 5.56 Å². The number of carbonyl (C=O) groups excluding carboxylic acids is 1. The molecule has 0 fully saturated rings. The number of para-hydroxylation sites is 1. The van der Waals surface area contributed by atoms with Gasteiger partial charge in [0.1, 0.15) is 5.69 Å². The van der Waals surface area contributed by atoms with Crippen molar-refractivity contribution in [3.63, 3.8) is 0 Å². The molecule has 5 rings (SSSR count). The summed E-state index contributed by atoms with van der Waals surface area (Å²) >= 11 is 0. The number of benzene rings is 2. The molecule has 0 aliphatic carbocycles. The molecule has 0 amide bonds. The maximum atomic E-state index is 12.9. The van der Waals surface area contributed by atoms with Gasteiger partial charge in [-0.1, -0.05) is 48.5 Å². The van der Waals surface area contributed by atoms with Crippen molar-refractivity contribution in [2.45, 2.75) is 12.5 Å². The van der Waals surface area contributed by atoms with E-state index in [2.05, 4.69) is 26.7 Å². The Hall–Kier alpha value is -3.27. The van der Waals surface area contributed by atoms with Gasteiger partial charge in [-0.25, -0.2) is 9.97 Å². The highest BCUT2D eigenvalue weighted by Gasteiger charge is 2.30. The second-order valence-corrected chi connectivity index (χ2v) is 6.31. The van der Waals surface area contributed by atoms with Crippen LogP contribution in [0, 0.1) is 0 Å². The van der Waals surface area contributed by atoms with Gasteiger partial charge in [0.25, 0.3) is 0 Å². The lowest BCUT2D eigenvalue weighted by atomic mass is 9.98. The van der Waals surface area contributed by atoms with Crippen LogP contribution in [0.1, 0.15) is 28.5 Å². The van der Waals surface area contributed by atoms with E-state index in [9.17, 15) is 4.79 Å². The third-order valence-electron chi connectivity index (χ3n) is 4.86. The van der Waals surface area contributed by atoms with Crippen molar-refractivity contribution in [1.82, 2.24) is 14.5 Å². The molecule has 1 aliphatic heterocycles. The molecule has 4 aromatic rings. The fraction of sp³-hybridized carbons (Fsp3) is 0.0952. The lowest BCUT2D eigenvalue weighted by Gasteiger charge is -2.14. The zero-order valence-electron chi connectivity index (χ0n) is 13.5. The summed E-state index contributed by atoms with van der Waals surface area (Å²) in [4.78, 5) is 21.7. The van der Waals surface area contributed by atoms with Crippen LogP contribution in [0.25, 0.3) is 22.2 Å². The second-order valence-electron chi connectivity index (χ2n) is 6.31. The molecule has 0 radical (unpaired) electrons. The summed E-state index contributed by atoms with van der Waals surface area (Å²) < 4.78 is 2.09. The molecule has 1 aliphatic rings. The molecule has 25 heavy (non-hydrogen) atoms. The summed E-state index contributed by atoms with van der Waals surface area (Å²) in [6.45, 7) is 0. The summed E-state index contributed by atoms with van der Waals surface area (Å²) in [5, 5.41) is 1.04. The zero-order valence-corrected chi connectivity index (χ0v) is 13.5. The van der Waals surface area contributed by atoms with E-state index >= 15 is 0 Å². The van der Waals surface area contributed by atoms with Gasteiger partial charge in [-0.3, -0.25) is 4.79 Å². The highest BCUT2D eigenvalue weighted by Crippen LogP contribution is 2.40. The fourth-order valence-electron chi connectivity index (χ4n) is 3.64. The highest BCUT2D eigenvalue weighted by atomic mass is 16.1. The Balaban J connectivity index is 1.51. The number of carbonyl (C=O) groups is 1. The third kappa shape index (κ3) is 2.18. The highest BCUT2D eigenvalue weighted by molar-refractivity contribution is 5.97. The van der Waals surface area contributed by atoms with Crippen molar-refractivity contribution in [2.75, 3.05) is 0 Å². The summed E-state index contributed by atoms with van der Waals surface area (Å²) in [5.74, 6) is 0.0482. The van der Waals surface area contributed by atoms with Crippen LogP contribution >= 0.6 is 0 Å². The lowest BCUT2D eigenvalue weighted by Crippen LogP contribution is -2.12. The minimum atomic E-state index is -0.0190. The first kappa shape index (κ1) is 14.1. The molecule has 4 heteroatoms. The Morgan fingerprint density at radius 3 is 2.80 bits per heavy atom. The van der Waals surface area contributed by atoms with Gasteiger partial charge in [0.15, 0.2) is 5.78 Å². The van der Waals surface area contributed by atoms with E-state index in [1.807, 2.05) is 54.7 Å². The Morgan fingerprint density at radius 2 is 1.84 bits per heavy atom. The number of aromatic nitrogens is 3. The molecule has 120 valence electrons. The van der Waals surface area contributed by atoms with Crippen LogP contribution in [-0.2, 0) is 0 Å². The van der Waals surface area contributed by atoms with Crippen LogP contribution in [-0.4, -0.2) is 20.3 Å². The van der Waals surface area contributed by atoms with Gasteiger partial charge in [0, 0.05) is 17.4 Å². The monoisotopic (exact) mass is 325 g/mol. The van der Waals surface area contributed by atoms with Gasteiger partial charge in [0.05, 0.1) is 29.8 Å². The summed E-state index contributed by atoms with van der Waals surface area (Å²) in [6, 6.07) is 19.8. The molecule has 0 saturated heterocycles. The lowest BCUT2D eigenvalue weighted by molar-refractivity contribution is 0.0966. The number of hydrogen-bond donors (Lipinski definition) is 0. The molecule has 2 aromatic heterocycles. The van der Waals surface area contributed by atoms with Crippen molar-refractivity contribution < 1.29 is 4.79 Å². The summed E-state index contributed by atoms with van der Waals surface area (Å²) in [7, 11) is 0. The first-order chi connectivity index (χ1) is 12.3. The van der Waals surface area contributed by atoms with E-state index in [-0.39, 0.29) is 11.8 Å². The van der Waals surface area contributed by atoms with Gasteiger partial charge in [-0.05, 0) is 17.7 Å². The van der Waals surface area contributed by atoms with Crippen molar-refractivity contribution >= 4 is 16.7 Å². The fourth-order valence-corrected chi connectivity index (χ4v) is 3.64. The Kier molecular flexibility index (Phi) is 3.04. The van der Waals surface area contributed by atoms with E-state index in [4.69, 9.17) is 0 Å². The van der Waals surface area contributed by atoms with Crippen LogP contribution < -0.4 is 0 Å². The van der Waals surface area contributed by atoms with Crippen molar-refractivity contribution in [3.05, 3.63) is 84.4 Å². The molecule has 0 saturated carbocycles. The SMILES string of the molecule is O=C(CC1c2ccccc2-c2cncn21)c1ccc2ccccc2n1. The van der Waals surface area contributed by atoms with Crippen molar-refractivity contribution in [1.29, 1.82) is 0 Å². The van der Waals surface area contributed by atoms with E-state index in [0.29, 0.717) is 12.1 Å². The molecule has 4 nitrogen and oxygen atoms in total. The van der Waals surface area contributed by atoms with Gasteiger partial charge in [0.2, 0.25) is 0 Å². The van der Waals surface area contributed by atoms with Crippen LogP contribution in [0.4, 0.5) is 0 Å². The van der Waals surface area contributed by atoms with E-state index < -0.39 is 0 Å². The standard InChI is InChI=1S/C21H15N3O/c25-21(18-10-9-14-5-1-4-8-17(14)23-18)11-19-15-6-2-3-7-16(15)20-12-22-13-24(19)20/h1-10,12-13,19H,11H2. The largest absolute Gasteiger partial charge is 0.322 e. The van der Waals surface area contributed by atoms with Crippen LogP contribution in [0.5, 0.6) is 0 Å². The predicted molar refractivity (Wildman–Crippen MR) is 96.5 cm³/mol. The van der Waals surface area contributed by atoms with Crippen LogP contribution in [0.15, 0.2) is 73.2 Å². The molecular formula is C21H15N3O. The number of ketones is 1. The topological polar surface area (TPSA) is 47.8 Å². The Bertz CT molecular complexity index is 1110. The molecule has 1 unspecified atom stereocenters. The third-order valence-corrected chi connectivity index (χ3v) is 4.86. The maximum absolute atomic E-state index is 12.9. The molecule has 3 heterocycles. The smallest absolute Gasteiger partial charge is 0.183 e. The minimum absolute atomic E-state index is 0.0190. The average Bonchev–Trinajstić information content (AvgIpc) is 3.24. The molecule has 2 aromatic carbocycles. The van der Waals surface area contributed by atoms with E-state index in [1.54, 1.807) is 6.33 Å². The molecule has 0 N–H and O–H groups in total. The minimum Gasteiger partial charge on any atom is -0.322 e. The maximum Gasteiger partial charge on any atom is 0.183 e. The number of nitrogens with zero attached hydrogens (tertiary/aromatic N) is 3. The van der Waals surface area contributed by atoms with Crippen LogP contribution in [0.3, 0.4) is 0 Å². The summed E-state index contributed by atoms with van der Waals surface area (Å²) in [5.41, 5.74) is 4.77. The number of Topliss-reactive ketones (excluding diaryl/α,β-unsaturated/α-hetero) is 1. The van der Waals surface area contributed by atoms with Gasteiger partial charge >= 0.3 is 0 Å². The number of hydrogen-bond acceptors (Lipinski definition) is 3. The predicted octanol–water partition coefficient (Wildman–Crippen LogP) is 4.27. The van der Waals surface area contributed by atoms with E-state index in [0.717, 1.165) is 22.2 Å². The number of fused-ring (bicyclic) bond motifs is 4. The first-order valence-electron chi connectivity index (χ1n) is 8.31. The number of pyridine rings is 1. The second kappa shape index (κ2) is 5.38. The van der Waals surface area contributed by atoms with Crippen molar-refractivity contribution in [2.24, 2.45) is 0 Å². The van der Waals surface area contributed by atoms with Gasteiger partial charge in [-0.2, -0.15) is 0 Å². The Labute approximate surface area is 144 Å². The van der Waals surface area contributed by atoms with Crippen LogP contribution in [0.2, 0.25) is 0 Å². The molecule has 0 spiro atoms. The Morgan fingerprint density at radius 1 is 1.00 bits per heavy atom. The summed E-state index contributed by atoms with van der Waals surface area (Å²) in [6.07, 6.45) is 4.05. The van der Waals surface area contributed by atoms with Gasteiger partial charge < -0.3 is 4.57 Å². The van der Waals surface area contributed by atoms with Gasteiger partial charge in [-0.15, -0.1) is 0 Å². The number of imidazole rings is 1. The molecule has 1 atom stereocenters. The quantitative estimate of drug-likeness (QED) is 0.528. The zero-order chi connectivity index (χ0) is 16.8. The normalized spacial score (nSPS) is 15.1. The number of rotatable bonds is 3. The van der Waals surface area contributed by atoms with Crippen molar-refractivity contribution in [3.8, 4) is 11.3 Å². The molecule has 0 bridgehead atoms. The molecular weight excluding hydrogens is 310 g/mol. The first-order valence-corrected chi connectivity index (χ1v) is 8.31.